The first-order valence-corrected chi connectivity index (χ1v) is 11.5. The average molecular weight is 447 g/mol. The highest BCUT2D eigenvalue weighted by Gasteiger charge is 2.27. The van der Waals surface area contributed by atoms with Gasteiger partial charge in [0.15, 0.2) is 5.76 Å². The monoisotopic (exact) mass is 446 g/mol. The summed E-state index contributed by atoms with van der Waals surface area (Å²) in [6.45, 7) is 2.11. The summed E-state index contributed by atoms with van der Waals surface area (Å²) in [7, 11) is 0. The maximum atomic E-state index is 12.5. The van der Waals surface area contributed by atoms with Gasteiger partial charge in [-0.3, -0.25) is 4.79 Å². The quantitative estimate of drug-likeness (QED) is 0.497. The van der Waals surface area contributed by atoms with Crippen molar-refractivity contribution in [2.75, 3.05) is 43.1 Å². The van der Waals surface area contributed by atoms with E-state index < -0.39 is 0 Å². The lowest BCUT2D eigenvalue weighted by atomic mass is 10.3. The number of nitrogens with zero attached hydrogens (tertiary/aromatic N) is 6. The lowest BCUT2D eigenvalue weighted by Crippen LogP contribution is -2.49. The molecule has 3 aromatic rings. The molecule has 3 aromatic heterocycles. The fourth-order valence-electron chi connectivity index (χ4n) is 2.96. The molecule has 0 saturated carbocycles. The van der Waals surface area contributed by atoms with Crippen molar-refractivity contribution < 1.29 is 18.0 Å². The number of furan rings is 1. The highest BCUT2D eigenvalue weighted by Crippen LogP contribution is 2.29. The Morgan fingerprint density at radius 2 is 2.10 bits per heavy atom. The molecule has 0 N–H and O–H groups in total. The topological polar surface area (TPSA) is 125 Å². The number of rotatable bonds is 7. The highest BCUT2D eigenvalue weighted by atomic mass is 32.2. The lowest BCUT2D eigenvalue weighted by molar-refractivity contribution is -0.128. The summed E-state index contributed by atoms with van der Waals surface area (Å²) < 4.78 is 16.5. The second-order valence-electron chi connectivity index (χ2n) is 6.31. The summed E-state index contributed by atoms with van der Waals surface area (Å²) in [4.78, 5) is 20.4. The third kappa shape index (κ3) is 4.47. The minimum Gasteiger partial charge on any atom is -0.459 e. The zero-order chi connectivity index (χ0) is 20.9. The normalized spacial score (nSPS) is 14.1. The van der Waals surface area contributed by atoms with Crippen LogP contribution < -0.4 is 4.90 Å². The standard InChI is InChI=1S/C18H18N6O4S2/c1-29-10-14-21-22-18(27-14)30-11-15(25)23-4-6-24(7-5-23)17-12(9-19)20-16(28-17)13-3-2-8-26-13/h2-3,8H,4-7,10-11H2,1H3. The second kappa shape index (κ2) is 9.27. The lowest BCUT2D eigenvalue weighted by Gasteiger charge is -2.34. The van der Waals surface area contributed by atoms with E-state index in [4.69, 9.17) is 13.3 Å². The molecule has 0 unspecified atom stereocenters. The Kier molecular flexibility index (Phi) is 6.29. The molecule has 0 radical (unpaired) electrons. The highest BCUT2D eigenvalue weighted by molar-refractivity contribution is 7.99. The van der Waals surface area contributed by atoms with Crippen LogP contribution in [0.15, 0.2) is 36.9 Å². The molecule has 156 valence electrons. The number of aromatic nitrogens is 3. The molecule has 4 rings (SSSR count). The van der Waals surface area contributed by atoms with Crippen LogP contribution in [0.4, 0.5) is 5.88 Å². The molecule has 1 aliphatic rings. The van der Waals surface area contributed by atoms with Crippen LogP contribution in [0.2, 0.25) is 0 Å². The van der Waals surface area contributed by atoms with Gasteiger partial charge in [-0.25, -0.2) is 0 Å². The Labute approximate surface area is 180 Å². The minimum atomic E-state index is -0.00128. The van der Waals surface area contributed by atoms with Gasteiger partial charge in [0.05, 0.1) is 17.8 Å². The molecule has 0 aliphatic carbocycles. The van der Waals surface area contributed by atoms with E-state index in [0.29, 0.717) is 54.7 Å². The minimum absolute atomic E-state index is 0.00128. The Morgan fingerprint density at radius 3 is 2.80 bits per heavy atom. The average Bonchev–Trinajstić information content (AvgIpc) is 3.52. The fraction of sp³-hybridized carbons (Fsp3) is 0.389. The molecule has 0 aromatic carbocycles. The largest absolute Gasteiger partial charge is 0.459 e. The van der Waals surface area contributed by atoms with E-state index in [2.05, 4.69) is 21.3 Å². The molecule has 0 atom stereocenters. The SMILES string of the molecule is CSCc1nnc(SCC(=O)N2CCN(c3oc(-c4ccco4)nc3C#N)CC2)o1. The van der Waals surface area contributed by atoms with Crippen LogP contribution in [0.1, 0.15) is 11.6 Å². The van der Waals surface area contributed by atoms with Crippen LogP contribution in [-0.4, -0.2) is 64.2 Å². The van der Waals surface area contributed by atoms with Crippen LogP contribution in [0.5, 0.6) is 0 Å². The van der Waals surface area contributed by atoms with Gasteiger partial charge in [0.1, 0.15) is 6.07 Å². The summed E-state index contributed by atoms with van der Waals surface area (Å²) in [5.41, 5.74) is 0.203. The van der Waals surface area contributed by atoms with Crippen molar-refractivity contribution in [3.63, 3.8) is 0 Å². The van der Waals surface area contributed by atoms with Gasteiger partial charge in [0, 0.05) is 26.2 Å². The number of piperazine rings is 1. The van der Waals surface area contributed by atoms with Crippen LogP contribution in [0.25, 0.3) is 11.7 Å². The van der Waals surface area contributed by atoms with Gasteiger partial charge in [-0.15, -0.1) is 10.2 Å². The summed E-state index contributed by atoms with van der Waals surface area (Å²) in [5.74, 6) is 2.57. The Hall–Kier alpha value is -2.91. The number of anilines is 1. The van der Waals surface area contributed by atoms with E-state index in [0.717, 1.165) is 0 Å². The van der Waals surface area contributed by atoms with Crippen LogP contribution in [0, 0.1) is 11.3 Å². The number of amides is 1. The maximum Gasteiger partial charge on any atom is 0.277 e. The van der Waals surface area contributed by atoms with Gasteiger partial charge < -0.3 is 23.1 Å². The zero-order valence-corrected chi connectivity index (χ0v) is 17.7. The van der Waals surface area contributed by atoms with Gasteiger partial charge in [-0.05, 0) is 18.4 Å². The fourth-order valence-corrected chi connectivity index (χ4v) is 4.00. The van der Waals surface area contributed by atoms with Crippen molar-refractivity contribution in [2.24, 2.45) is 0 Å². The van der Waals surface area contributed by atoms with E-state index in [-0.39, 0.29) is 23.2 Å². The van der Waals surface area contributed by atoms with Crippen LogP contribution in [-0.2, 0) is 10.5 Å². The molecule has 10 nitrogen and oxygen atoms in total. The molecular formula is C18H18N6O4S2. The van der Waals surface area contributed by atoms with E-state index >= 15 is 0 Å². The first-order valence-electron chi connectivity index (χ1n) is 9.09. The van der Waals surface area contributed by atoms with E-state index in [9.17, 15) is 10.1 Å². The van der Waals surface area contributed by atoms with Gasteiger partial charge in [0.25, 0.3) is 11.1 Å². The predicted molar refractivity (Wildman–Crippen MR) is 110 cm³/mol. The molecule has 0 spiro atoms. The Bertz CT molecular complexity index is 1030. The number of thioether (sulfide) groups is 2. The third-order valence-electron chi connectivity index (χ3n) is 4.40. The van der Waals surface area contributed by atoms with Crippen LogP contribution in [0.3, 0.4) is 0 Å². The molecule has 1 aliphatic heterocycles. The summed E-state index contributed by atoms with van der Waals surface area (Å²) in [5, 5.41) is 17.7. The summed E-state index contributed by atoms with van der Waals surface area (Å²) >= 11 is 2.83. The Balaban J connectivity index is 1.32. The molecule has 0 bridgehead atoms. The Morgan fingerprint density at radius 1 is 1.27 bits per heavy atom. The first-order chi connectivity index (χ1) is 14.7. The third-order valence-corrected chi connectivity index (χ3v) is 5.74. The van der Waals surface area contributed by atoms with Crippen molar-refractivity contribution in [2.45, 2.75) is 11.0 Å². The van der Waals surface area contributed by atoms with Crippen molar-refractivity contribution in [1.29, 1.82) is 5.26 Å². The zero-order valence-electron chi connectivity index (χ0n) is 16.1. The molecular weight excluding hydrogens is 428 g/mol. The molecule has 1 saturated heterocycles. The van der Waals surface area contributed by atoms with Gasteiger partial charge in [-0.2, -0.15) is 22.0 Å². The number of nitriles is 1. The van der Waals surface area contributed by atoms with Crippen molar-refractivity contribution in [1.82, 2.24) is 20.1 Å². The van der Waals surface area contributed by atoms with E-state index in [1.807, 2.05) is 11.2 Å². The van der Waals surface area contributed by atoms with Crippen LogP contribution >= 0.6 is 23.5 Å². The molecule has 12 heteroatoms. The molecule has 4 heterocycles. The first kappa shape index (κ1) is 20.4. The van der Waals surface area contributed by atoms with Gasteiger partial charge in [0.2, 0.25) is 23.4 Å². The van der Waals surface area contributed by atoms with Gasteiger partial charge >= 0.3 is 0 Å². The molecule has 1 amide bonds. The number of carbonyl (C=O) groups is 1. The van der Waals surface area contributed by atoms with Crippen molar-refractivity contribution in [3.8, 4) is 17.7 Å². The number of hydrogen-bond acceptors (Lipinski definition) is 11. The van der Waals surface area contributed by atoms with E-state index in [1.165, 1.54) is 18.0 Å². The second-order valence-corrected chi connectivity index (χ2v) is 8.11. The van der Waals surface area contributed by atoms with Crippen molar-refractivity contribution in [3.05, 3.63) is 30.0 Å². The number of carbonyl (C=O) groups excluding carboxylic acids is 1. The molecule has 30 heavy (non-hydrogen) atoms. The van der Waals surface area contributed by atoms with Gasteiger partial charge in [-0.1, -0.05) is 11.8 Å². The maximum absolute atomic E-state index is 12.5. The molecule has 1 fully saturated rings. The smallest absolute Gasteiger partial charge is 0.277 e. The summed E-state index contributed by atoms with van der Waals surface area (Å²) in [6.07, 6.45) is 3.47. The van der Waals surface area contributed by atoms with E-state index in [1.54, 1.807) is 28.8 Å². The summed E-state index contributed by atoms with van der Waals surface area (Å²) in [6, 6.07) is 5.51. The number of oxazole rings is 1. The van der Waals surface area contributed by atoms with Crippen molar-refractivity contribution >= 4 is 35.3 Å². The number of hydrogen-bond donors (Lipinski definition) is 0. The predicted octanol–water partition coefficient (Wildman–Crippen LogP) is 2.49.